The second-order valence-electron chi connectivity index (χ2n) is 6.82. The number of nitrogens with one attached hydrogen (secondary N) is 1. The van der Waals surface area contributed by atoms with Crippen LogP contribution in [0.5, 0.6) is 0 Å². The molecule has 0 fully saturated rings. The first-order valence-electron chi connectivity index (χ1n) is 7.62. The second kappa shape index (κ2) is 6.72. The summed E-state index contributed by atoms with van der Waals surface area (Å²) in [6.45, 7) is 16.2. The van der Waals surface area contributed by atoms with Crippen molar-refractivity contribution in [2.24, 2.45) is 5.92 Å². The molecule has 0 aliphatic heterocycles. The monoisotopic (exact) mass is 281 g/mol. The van der Waals surface area contributed by atoms with E-state index >= 15 is 0 Å². The Hall–Kier alpha value is -0.870. The number of hydrogen-bond acceptors (Lipinski definition) is 3. The topological polar surface area (TPSA) is 50.1 Å². The van der Waals surface area contributed by atoms with E-state index in [0.717, 1.165) is 18.7 Å². The normalized spacial score (nSPS) is 15.4. The summed E-state index contributed by atoms with van der Waals surface area (Å²) in [6.07, 6.45) is 0.723. The maximum Gasteiger partial charge on any atom is 0.0690 e. The Morgan fingerprint density at radius 1 is 1.30 bits per heavy atom. The van der Waals surface area contributed by atoms with Crippen LogP contribution in [0.1, 0.15) is 58.0 Å². The Labute approximate surface area is 123 Å². The van der Waals surface area contributed by atoms with E-state index in [1.807, 2.05) is 0 Å². The SMILES string of the molecule is CCC(C)C(O)CNCc1c(C)nn(C(C)(C)C)c1C. The van der Waals surface area contributed by atoms with E-state index < -0.39 is 0 Å². The van der Waals surface area contributed by atoms with Gasteiger partial charge in [0.1, 0.15) is 0 Å². The fourth-order valence-electron chi connectivity index (χ4n) is 2.40. The van der Waals surface area contributed by atoms with E-state index in [4.69, 9.17) is 0 Å². The predicted molar refractivity (Wildman–Crippen MR) is 83.9 cm³/mol. The van der Waals surface area contributed by atoms with Crippen LogP contribution in [-0.4, -0.2) is 27.5 Å². The number of aryl methyl sites for hydroxylation is 1. The van der Waals surface area contributed by atoms with Crippen molar-refractivity contribution in [1.29, 1.82) is 0 Å². The van der Waals surface area contributed by atoms with Crippen LogP contribution in [0.15, 0.2) is 0 Å². The van der Waals surface area contributed by atoms with Crippen molar-refractivity contribution in [3.63, 3.8) is 0 Å². The van der Waals surface area contributed by atoms with Crippen LogP contribution < -0.4 is 5.32 Å². The minimum absolute atomic E-state index is 0.00331. The van der Waals surface area contributed by atoms with Crippen molar-refractivity contribution in [2.75, 3.05) is 6.54 Å². The molecule has 0 aromatic carbocycles. The molecule has 0 radical (unpaired) electrons. The molecule has 1 aromatic rings. The maximum absolute atomic E-state index is 9.99. The van der Waals surface area contributed by atoms with E-state index in [0.29, 0.717) is 12.5 Å². The summed E-state index contributed by atoms with van der Waals surface area (Å²) in [5, 5.41) is 18.0. The summed E-state index contributed by atoms with van der Waals surface area (Å²) in [7, 11) is 0. The molecule has 2 unspecified atom stereocenters. The van der Waals surface area contributed by atoms with Gasteiger partial charge >= 0.3 is 0 Å². The second-order valence-corrected chi connectivity index (χ2v) is 6.82. The van der Waals surface area contributed by atoms with E-state index in [1.165, 1.54) is 11.3 Å². The Morgan fingerprint density at radius 3 is 2.35 bits per heavy atom. The molecule has 0 aliphatic rings. The molecule has 1 heterocycles. The highest BCUT2D eigenvalue weighted by atomic mass is 16.3. The summed E-state index contributed by atoms with van der Waals surface area (Å²) >= 11 is 0. The summed E-state index contributed by atoms with van der Waals surface area (Å²) < 4.78 is 2.09. The molecule has 2 N–H and O–H groups in total. The van der Waals surface area contributed by atoms with Gasteiger partial charge in [-0.05, 0) is 40.5 Å². The van der Waals surface area contributed by atoms with Crippen molar-refractivity contribution in [3.8, 4) is 0 Å². The van der Waals surface area contributed by atoms with Gasteiger partial charge in [-0.15, -0.1) is 0 Å². The van der Waals surface area contributed by atoms with Crippen LogP contribution in [-0.2, 0) is 12.1 Å². The average Bonchev–Trinajstić information content (AvgIpc) is 2.64. The molecule has 0 saturated heterocycles. The van der Waals surface area contributed by atoms with E-state index in [2.05, 4.69) is 63.6 Å². The number of aromatic nitrogens is 2. The van der Waals surface area contributed by atoms with E-state index in [1.54, 1.807) is 0 Å². The van der Waals surface area contributed by atoms with Gasteiger partial charge in [0, 0.05) is 24.3 Å². The van der Waals surface area contributed by atoms with E-state index in [9.17, 15) is 5.11 Å². The molecule has 0 saturated carbocycles. The van der Waals surface area contributed by atoms with Crippen LogP contribution in [0.2, 0.25) is 0 Å². The highest BCUT2D eigenvalue weighted by Gasteiger charge is 2.20. The van der Waals surface area contributed by atoms with E-state index in [-0.39, 0.29) is 11.6 Å². The van der Waals surface area contributed by atoms with Crippen LogP contribution in [0.25, 0.3) is 0 Å². The first-order chi connectivity index (χ1) is 9.18. The van der Waals surface area contributed by atoms with Crippen molar-refractivity contribution < 1.29 is 5.11 Å². The summed E-state index contributed by atoms with van der Waals surface area (Å²) in [4.78, 5) is 0. The molecule has 1 aromatic heterocycles. The quantitative estimate of drug-likeness (QED) is 0.843. The first kappa shape index (κ1) is 17.2. The number of aliphatic hydroxyl groups is 1. The molecular weight excluding hydrogens is 250 g/mol. The fraction of sp³-hybridized carbons (Fsp3) is 0.812. The zero-order valence-electron chi connectivity index (χ0n) is 14.1. The molecule has 0 amide bonds. The fourth-order valence-corrected chi connectivity index (χ4v) is 2.40. The lowest BCUT2D eigenvalue weighted by Crippen LogP contribution is -2.31. The highest BCUT2D eigenvalue weighted by Crippen LogP contribution is 2.21. The van der Waals surface area contributed by atoms with Crippen LogP contribution in [0.3, 0.4) is 0 Å². The summed E-state index contributed by atoms with van der Waals surface area (Å²) in [5.74, 6) is 0.335. The van der Waals surface area contributed by atoms with Crippen molar-refractivity contribution >= 4 is 0 Å². The number of hydrogen-bond donors (Lipinski definition) is 2. The van der Waals surface area contributed by atoms with Gasteiger partial charge in [-0.1, -0.05) is 20.3 Å². The zero-order chi connectivity index (χ0) is 15.5. The molecule has 116 valence electrons. The van der Waals surface area contributed by atoms with Gasteiger partial charge in [-0.3, -0.25) is 4.68 Å². The lowest BCUT2D eigenvalue weighted by molar-refractivity contribution is 0.112. The smallest absolute Gasteiger partial charge is 0.0690 e. The van der Waals surface area contributed by atoms with Gasteiger partial charge in [-0.2, -0.15) is 5.10 Å². The molecule has 1 rings (SSSR count). The summed E-state index contributed by atoms with van der Waals surface area (Å²) in [6, 6.07) is 0. The van der Waals surface area contributed by atoms with Gasteiger partial charge in [0.2, 0.25) is 0 Å². The lowest BCUT2D eigenvalue weighted by atomic mass is 10.0. The maximum atomic E-state index is 9.99. The molecule has 4 nitrogen and oxygen atoms in total. The van der Waals surface area contributed by atoms with Crippen molar-refractivity contribution in [2.45, 2.75) is 73.1 Å². The minimum Gasteiger partial charge on any atom is -0.392 e. The third-order valence-corrected chi connectivity index (χ3v) is 4.03. The van der Waals surface area contributed by atoms with Gasteiger partial charge in [0.15, 0.2) is 0 Å². The van der Waals surface area contributed by atoms with Gasteiger partial charge < -0.3 is 10.4 Å². The Kier molecular flexibility index (Phi) is 5.78. The molecule has 0 spiro atoms. The number of rotatable bonds is 6. The average molecular weight is 281 g/mol. The van der Waals surface area contributed by atoms with Gasteiger partial charge in [0.05, 0.1) is 17.3 Å². The standard InChI is InChI=1S/C16H31N3O/c1-8-11(2)15(20)10-17-9-14-12(3)18-19(13(14)4)16(5,6)7/h11,15,17,20H,8-10H2,1-7H3. The van der Waals surface area contributed by atoms with Crippen molar-refractivity contribution in [3.05, 3.63) is 17.0 Å². The zero-order valence-corrected chi connectivity index (χ0v) is 14.1. The number of nitrogens with zero attached hydrogens (tertiary/aromatic N) is 2. The Morgan fingerprint density at radius 2 is 1.90 bits per heavy atom. The van der Waals surface area contributed by atoms with Crippen molar-refractivity contribution in [1.82, 2.24) is 15.1 Å². The first-order valence-corrected chi connectivity index (χ1v) is 7.62. The molecule has 4 heteroatoms. The van der Waals surface area contributed by atoms with Gasteiger partial charge in [-0.25, -0.2) is 0 Å². The molecule has 0 aliphatic carbocycles. The number of aliphatic hydroxyl groups excluding tert-OH is 1. The minimum atomic E-state index is -0.279. The molecule has 0 bridgehead atoms. The molecular formula is C16H31N3O. The largest absolute Gasteiger partial charge is 0.392 e. The summed E-state index contributed by atoms with van der Waals surface area (Å²) in [5.41, 5.74) is 3.53. The van der Waals surface area contributed by atoms with Crippen LogP contribution >= 0.6 is 0 Å². The molecule has 20 heavy (non-hydrogen) atoms. The third-order valence-electron chi connectivity index (χ3n) is 4.03. The Balaban J connectivity index is 2.68. The molecule has 2 atom stereocenters. The predicted octanol–water partition coefficient (Wildman–Crippen LogP) is 2.75. The Bertz CT molecular complexity index is 432. The third kappa shape index (κ3) is 4.06. The van der Waals surface area contributed by atoms with Gasteiger partial charge in [0.25, 0.3) is 0 Å². The highest BCUT2D eigenvalue weighted by molar-refractivity contribution is 5.25. The van der Waals surface area contributed by atoms with Crippen LogP contribution in [0, 0.1) is 19.8 Å². The lowest BCUT2D eigenvalue weighted by Gasteiger charge is -2.21. The van der Waals surface area contributed by atoms with Crippen LogP contribution in [0.4, 0.5) is 0 Å².